The van der Waals surface area contributed by atoms with Gasteiger partial charge >= 0.3 is 0 Å². The van der Waals surface area contributed by atoms with Gasteiger partial charge in [0.1, 0.15) is 17.7 Å². The molecule has 0 N–H and O–H groups in total. The smallest absolute Gasteiger partial charge is 0.145 e. The second-order valence-electron chi connectivity index (χ2n) is 8.81. The van der Waals surface area contributed by atoms with Crippen LogP contribution in [0.25, 0.3) is 33.4 Å². The molecule has 156 valence electrons. The number of imidazole rings is 1. The summed E-state index contributed by atoms with van der Waals surface area (Å²) in [6.45, 7) is 9.80. The molecule has 0 fully saturated rings. The number of rotatable bonds is 5. The first kappa shape index (κ1) is 18.4. The van der Waals surface area contributed by atoms with Gasteiger partial charge in [-0.2, -0.15) is 0 Å². The van der Waals surface area contributed by atoms with Gasteiger partial charge in [-0.25, -0.2) is 4.98 Å². The minimum atomic E-state index is 0.437. The van der Waals surface area contributed by atoms with Crippen LogP contribution in [0.3, 0.4) is 0 Å². The van der Waals surface area contributed by atoms with E-state index in [0.29, 0.717) is 17.9 Å². The van der Waals surface area contributed by atoms with Crippen molar-refractivity contribution in [3.05, 3.63) is 89.7 Å². The van der Waals surface area contributed by atoms with E-state index in [0.717, 1.165) is 39.9 Å². The Kier molecular flexibility index (Phi) is 4.60. The molecule has 3 nitrogen and oxygen atoms in total. The number of nitrogens with zero attached hydrogens (tertiary/aromatic N) is 2. The Labute approximate surface area is 184 Å². The quantitative estimate of drug-likeness (QED) is 0.297. The summed E-state index contributed by atoms with van der Waals surface area (Å²) < 4.78 is 16.1. The molecular formula is C28H28N2O. The third kappa shape index (κ3) is 3.34. The zero-order valence-corrected chi connectivity index (χ0v) is 18.5. The first-order valence-electron chi connectivity index (χ1n) is 11.5. The molecule has 3 aromatic carbocycles. The van der Waals surface area contributed by atoms with Crippen molar-refractivity contribution in [1.82, 2.24) is 9.55 Å². The molecule has 3 heteroatoms. The van der Waals surface area contributed by atoms with Gasteiger partial charge in [0.15, 0.2) is 0 Å². The van der Waals surface area contributed by atoms with E-state index in [4.69, 9.17) is 10.8 Å². The molecule has 0 aliphatic carbocycles. The van der Waals surface area contributed by atoms with Crippen LogP contribution in [0.5, 0.6) is 0 Å². The maximum atomic E-state index is 7.92. The lowest BCUT2D eigenvalue weighted by Gasteiger charge is -2.21. The highest BCUT2D eigenvalue weighted by Crippen LogP contribution is 2.35. The normalized spacial score (nSPS) is 12.4. The zero-order valence-electron chi connectivity index (χ0n) is 19.5. The lowest BCUT2D eigenvalue weighted by molar-refractivity contribution is 0.616. The van der Waals surface area contributed by atoms with Crippen molar-refractivity contribution >= 4 is 22.0 Å². The van der Waals surface area contributed by atoms with E-state index in [-0.39, 0.29) is 0 Å². The largest absolute Gasteiger partial charge is 0.464 e. The van der Waals surface area contributed by atoms with Crippen LogP contribution in [0.15, 0.2) is 77.4 Å². The number of benzene rings is 3. The molecule has 0 aliphatic rings. The number of para-hydroxylation sites is 3. The Balaban J connectivity index is 1.76. The van der Waals surface area contributed by atoms with E-state index in [1.807, 2.05) is 12.1 Å². The second kappa shape index (κ2) is 7.73. The summed E-state index contributed by atoms with van der Waals surface area (Å²) in [5.74, 6) is 1.77. The van der Waals surface area contributed by atoms with Crippen LogP contribution < -0.4 is 0 Å². The number of fused-ring (bicyclic) bond motifs is 2. The summed E-state index contributed by atoms with van der Waals surface area (Å²) in [6, 6.07) is 21.0. The van der Waals surface area contributed by atoms with Gasteiger partial charge in [0, 0.05) is 5.39 Å². The minimum absolute atomic E-state index is 0.437. The summed E-state index contributed by atoms with van der Waals surface area (Å²) in [5.41, 5.74) is 7.92. The van der Waals surface area contributed by atoms with Gasteiger partial charge in [0.2, 0.25) is 0 Å². The van der Waals surface area contributed by atoms with Crippen molar-refractivity contribution in [2.24, 2.45) is 0 Å². The van der Waals surface area contributed by atoms with E-state index in [1.165, 1.54) is 16.7 Å². The van der Waals surface area contributed by atoms with Crippen molar-refractivity contribution < 1.29 is 5.79 Å². The van der Waals surface area contributed by atoms with Crippen LogP contribution in [0, 0.1) is 0 Å². The maximum Gasteiger partial charge on any atom is 0.145 e. The second-order valence-corrected chi connectivity index (χ2v) is 8.81. The van der Waals surface area contributed by atoms with Gasteiger partial charge in [0.25, 0.3) is 0 Å². The van der Waals surface area contributed by atoms with Crippen LogP contribution in [-0.4, -0.2) is 9.55 Å². The first-order valence-corrected chi connectivity index (χ1v) is 11.0. The third-order valence-electron chi connectivity index (χ3n) is 6.12. The topological polar surface area (TPSA) is 31.0 Å². The van der Waals surface area contributed by atoms with Crippen LogP contribution in [-0.2, 0) is 6.54 Å². The molecule has 0 radical (unpaired) electrons. The van der Waals surface area contributed by atoms with E-state index in [2.05, 4.69) is 68.7 Å². The van der Waals surface area contributed by atoms with Crippen molar-refractivity contribution in [2.45, 2.75) is 46.1 Å². The zero-order chi connectivity index (χ0) is 22.4. The summed E-state index contributed by atoms with van der Waals surface area (Å²) >= 11 is 0. The van der Waals surface area contributed by atoms with E-state index >= 15 is 0 Å². The number of aromatic nitrogens is 2. The highest BCUT2D eigenvalue weighted by atomic mass is 16.3. The Morgan fingerprint density at radius 2 is 1.65 bits per heavy atom. The number of hydrogen-bond donors (Lipinski definition) is 0. The molecular weight excluding hydrogens is 380 g/mol. The Bertz CT molecular complexity index is 1400. The molecule has 0 aliphatic heterocycles. The lowest BCUT2D eigenvalue weighted by Crippen LogP contribution is -2.10. The molecule has 0 saturated heterocycles. The van der Waals surface area contributed by atoms with Crippen molar-refractivity contribution in [3.63, 3.8) is 0 Å². The van der Waals surface area contributed by atoms with Crippen LogP contribution in [0.4, 0.5) is 0 Å². The molecule has 2 heterocycles. The molecule has 0 spiro atoms. The van der Waals surface area contributed by atoms with Crippen LogP contribution in [0.1, 0.15) is 57.6 Å². The molecule has 5 aromatic rings. The van der Waals surface area contributed by atoms with Crippen LogP contribution >= 0.6 is 0 Å². The highest BCUT2D eigenvalue weighted by Gasteiger charge is 2.20. The number of hydrogen-bond acceptors (Lipinski definition) is 2. The third-order valence-corrected chi connectivity index (χ3v) is 6.12. The summed E-state index contributed by atoms with van der Waals surface area (Å²) in [6.07, 6.45) is 1.78. The van der Waals surface area contributed by atoms with E-state index < -0.39 is 0 Å². The summed E-state index contributed by atoms with van der Waals surface area (Å²) in [4.78, 5) is 5.03. The van der Waals surface area contributed by atoms with Crippen molar-refractivity contribution in [1.29, 1.82) is 0 Å². The molecule has 31 heavy (non-hydrogen) atoms. The van der Waals surface area contributed by atoms with Gasteiger partial charge < -0.3 is 8.98 Å². The molecule has 0 atom stereocenters. The first-order chi connectivity index (χ1) is 15.4. The Hall–Kier alpha value is -3.33. The number of furan rings is 1. The highest BCUT2D eigenvalue weighted by molar-refractivity contribution is 5.94. The average Bonchev–Trinajstić information content (AvgIpc) is 3.34. The fourth-order valence-electron chi connectivity index (χ4n) is 4.58. The monoisotopic (exact) mass is 409 g/mol. The average molecular weight is 410 g/mol. The summed E-state index contributed by atoms with van der Waals surface area (Å²) in [5, 5.41) is 0.985. The molecule has 0 saturated carbocycles. The van der Waals surface area contributed by atoms with Gasteiger partial charge in [-0.1, -0.05) is 76.2 Å². The van der Waals surface area contributed by atoms with E-state index in [1.54, 1.807) is 18.4 Å². The van der Waals surface area contributed by atoms with Gasteiger partial charge in [0.05, 0.1) is 24.5 Å². The van der Waals surface area contributed by atoms with Gasteiger partial charge in [-0.15, -0.1) is 0 Å². The lowest BCUT2D eigenvalue weighted by atomic mass is 9.88. The predicted molar refractivity (Wildman–Crippen MR) is 129 cm³/mol. The SMILES string of the molecule is [2H]c1ccc2c(-c3nc4ccccc4n3Cc3c(C(C)C)cccc3C(C)C)coc2c1. The molecule has 0 bridgehead atoms. The maximum absolute atomic E-state index is 7.92. The van der Waals surface area contributed by atoms with Crippen molar-refractivity contribution in [2.75, 3.05) is 0 Å². The van der Waals surface area contributed by atoms with Gasteiger partial charge in [-0.05, 0) is 46.7 Å². The fraction of sp³-hybridized carbons (Fsp3) is 0.250. The minimum Gasteiger partial charge on any atom is -0.464 e. The molecule has 5 rings (SSSR count). The van der Waals surface area contributed by atoms with Crippen LogP contribution in [0.2, 0.25) is 0 Å². The Morgan fingerprint density at radius 1 is 0.903 bits per heavy atom. The van der Waals surface area contributed by atoms with E-state index in [9.17, 15) is 0 Å². The fourth-order valence-corrected chi connectivity index (χ4v) is 4.58. The molecule has 0 unspecified atom stereocenters. The van der Waals surface area contributed by atoms with Crippen molar-refractivity contribution in [3.8, 4) is 11.4 Å². The van der Waals surface area contributed by atoms with Gasteiger partial charge in [-0.3, -0.25) is 0 Å². The molecule has 0 amide bonds. The molecule has 2 aromatic heterocycles. The standard InChI is InChI=1S/C28H28N2O/c1-18(2)20-11-9-12-21(19(3)4)23(20)16-30-26-14-7-6-13-25(26)29-28(30)24-17-31-27-15-8-5-10-22(24)27/h5-15,17-19H,16H2,1-4H3/i8D. The predicted octanol–water partition coefficient (Wildman–Crippen LogP) is 7.74. The Morgan fingerprint density at radius 3 is 2.39 bits per heavy atom. The summed E-state index contributed by atoms with van der Waals surface area (Å²) in [7, 11) is 0.